The number of rotatable bonds is 6. The lowest BCUT2D eigenvalue weighted by molar-refractivity contribution is -0.119. The van der Waals surface area contributed by atoms with Gasteiger partial charge in [-0.3, -0.25) is 9.59 Å². The molecule has 0 saturated heterocycles. The Morgan fingerprint density at radius 1 is 1.17 bits per heavy atom. The van der Waals surface area contributed by atoms with Crippen molar-refractivity contribution in [3.05, 3.63) is 29.8 Å². The Morgan fingerprint density at radius 3 is 2.39 bits per heavy atom. The van der Waals surface area contributed by atoms with Gasteiger partial charge < -0.3 is 10.6 Å². The highest BCUT2D eigenvalue weighted by Gasteiger charge is 2.03. The summed E-state index contributed by atoms with van der Waals surface area (Å²) in [7, 11) is 0. The van der Waals surface area contributed by atoms with Gasteiger partial charge in [-0.25, -0.2) is 0 Å². The van der Waals surface area contributed by atoms with Gasteiger partial charge in [0.15, 0.2) is 0 Å². The van der Waals surface area contributed by atoms with Crippen molar-refractivity contribution in [2.24, 2.45) is 0 Å². The lowest BCUT2D eigenvalue weighted by Crippen LogP contribution is -2.28. The number of nitrogens with one attached hydrogen (secondary N) is 2. The Kier molecular flexibility index (Phi) is 6.22. The van der Waals surface area contributed by atoms with E-state index in [2.05, 4.69) is 17.6 Å². The highest BCUT2D eigenvalue weighted by Crippen LogP contribution is 2.09. The molecule has 0 radical (unpaired) electrons. The molecule has 0 aliphatic rings. The standard InChI is InChI=1S/C13H17ClN2O2/c1-2-10-3-5-11(6-4-10)16-12(17)7-8-15-13(18)9-14/h3-6H,2,7-9H2,1H3,(H,15,18)(H,16,17). The molecule has 0 saturated carbocycles. The van der Waals surface area contributed by atoms with Crippen LogP contribution in [0, 0.1) is 0 Å². The number of carbonyl (C=O) groups is 2. The van der Waals surface area contributed by atoms with Crippen LogP contribution in [0.4, 0.5) is 5.69 Å². The fourth-order valence-electron chi connectivity index (χ4n) is 1.41. The largest absolute Gasteiger partial charge is 0.355 e. The Bertz CT molecular complexity index is 404. The van der Waals surface area contributed by atoms with Crippen LogP contribution in [0.25, 0.3) is 0 Å². The van der Waals surface area contributed by atoms with E-state index >= 15 is 0 Å². The van der Waals surface area contributed by atoms with Crippen LogP contribution in [-0.2, 0) is 16.0 Å². The minimum absolute atomic E-state index is 0.0832. The third kappa shape index (κ3) is 5.19. The summed E-state index contributed by atoms with van der Waals surface area (Å²) in [5, 5.41) is 5.30. The van der Waals surface area contributed by atoms with E-state index in [-0.39, 0.29) is 24.1 Å². The monoisotopic (exact) mass is 268 g/mol. The third-order valence-electron chi connectivity index (χ3n) is 2.44. The van der Waals surface area contributed by atoms with Crippen LogP contribution in [-0.4, -0.2) is 24.2 Å². The van der Waals surface area contributed by atoms with Gasteiger partial charge in [0.2, 0.25) is 11.8 Å². The van der Waals surface area contributed by atoms with E-state index < -0.39 is 0 Å². The van der Waals surface area contributed by atoms with E-state index in [0.717, 1.165) is 12.1 Å². The van der Waals surface area contributed by atoms with Gasteiger partial charge in [0.05, 0.1) is 0 Å². The first-order valence-electron chi connectivity index (χ1n) is 5.87. The van der Waals surface area contributed by atoms with Crippen molar-refractivity contribution in [3.8, 4) is 0 Å². The summed E-state index contributed by atoms with van der Waals surface area (Å²) in [5.41, 5.74) is 1.99. The minimum Gasteiger partial charge on any atom is -0.355 e. The van der Waals surface area contributed by atoms with E-state index in [1.54, 1.807) is 0 Å². The molecule has 98 valence electrons. The number of benzene rings is 1. The maximum Gasteiger partial charge on any atom is 0.234 e. The highest BCUT2D eigenvalue weighted by molar-refractivity contribution is 6.27. The smallest absolute Gasteiger partial charge is 0.234 e. The topological polar surface area (TPSA) is 58.2 Å². The maximum atomic E-state index is 11.5. The zero-order valence-electron chi connectivity index (χ0n) is 10.3. The molecule has 4 nitrogen and oxygen atoms in total. The molecule has 18 heavy (non-hydrogen) atoms. The number of anilines is 1. The lowest BCUT2D eigenvalue weighted by Gasteiger charge is -2.06. The SMILES string of the molecule is CCc1ccc(NC(=O)CCNC(=O)CCl)cc1. The second-order valence-electron chi connectivity index (χ2n) is 3.83. The maximum absolute atomic E-state index is 11.5. The van der Waals surface area contributed by atoms with Crippen LogP contribution in [0.2, 0.25) is 0 Å². The average Bonchev–Trinajstić information content (AvgIpc) is 2.39. The zero-order valence-corrected chi connectivity index (χ0v) is 11.1. The summed E-state index contributed by atoms with van der Waals surface area (Å²) in [6.07, 6.45) is 1.21. The van der Waals surface area contributed by atoms with E-state index in [4.69, 9.17) is 11.6 Å². The van der Waals surface area contributed by atoms with Gasteiger partial charge in [0.25, 0.3) is 0 Å². The first-order chi connectivity index (χ1) is 8.65. The van der Waals surface area contributed by atoms with Crippen molar-refractivity contribution in [3.63, 3.8) is 0 Å². The molecule has 0 unspecified atom stereocenters. The van der Waals surface area contributed by atoms with Crippen LogP contribution in [0.15, 0.2) is 24.3 Å². The first kappa shape index (κ1) is 14.5. The molecule has 1 rings (SSSR count). The van der Waals surface area contributed by atoms with Gasteiger partial charge in [-0.15, -0.1) is 11.6 Å². The van der Waals surface area contributed by atoms with Gasteiger partial charge in [-0.2, -0.15) is 0 Å². The summed E-state index contributed by atoms with van der Waals surface area (Å²) in [5.74, 6) is -0.481. The fraction of sp³-hybridized carbons (Fsp3) is 0.385. The molecule has 0 atom stereocenters. The quantitative estimate of drug-likeness (QED) is 0.775. The summed E-state index contributed by atoms with van der Waals surface area (Å²) in [6, 6.07) is 7.69. The van der Waals surface area contributed by atoms with Crippen LogP contribution < -0.4 is 10.6 Å². The average molecular weight is 269 g/mol. The van der Waals surface area contributed by atoms with Gasteiger partial charge in [-0.05, 0) is 24.1 Å². The molecule has 0 spiro atoms. The Balaban J connectivity index is 2.32. The predicted octanol–water partition coefficient (Wildman–Crippen LogP) is 1.93. The molecule has 2 N–H and O–H groups in total. The van der Waals surface area contributed by atoms with Crippen molar-refractivity contribution in [1.82, 2.24) is 5.32 Å². The van der Waals surface area contributed by atoms with Crippen LogP contribution in [0.5, 0.6) is 0 Å². The number of hydrogen-bond acceptors (Lipinski definition) is 2. The minimum atomic E-state index is -0.267. The number of hydrogen-bond donors (Lipinski definition) is 2. The van der Waals surface area contributed by atoms with Gasteiger partial charge >= 0.3 is 0 Å². The molecule has 1 aromatic rings. The van der Waals surface area contributed by atoms with Crippen molar-refractivity contribution in [1.29, 1.82) is 0 Å². The van der Waals surface area contributed by atoms with Crippen LogP contribution in [0.3, 0.4) is 0 Å². The van der Waals surface area contributed by atoms with Crippen molar-refractivity contribution in [2.75, 3.05) is 17.7 Å². The second-order valence-corrected chi connectivity index (χ2v) is 4.10. The lowest BCUT2D eigenvalue weighted by atomic mass is 10.1. The normalized spacial score (nSPS) is 9.89. The number of amides is 2. The Morgan fingerprint density at radius 2 is 1.83 bits per heavy atom. The first-order valence-corrected chi connectivity index (χ1v) is 6.40. The molecule has 0 aliphatic carbocycles. The number of aryl methyl sites for hydroxylation is 1. The molecular weight excluding hydrogens is 252 g/mol. The van der Waals surface area contributed by atoms with E-state index in [0.29, 0.717) is 6.54 Å². The van der Waals surface area contributed by atoms with Gasteiger partial charge in [0.1, 0.15) is 5.88 Å². The molecule has 0 aliphatic heterocycles. The fourth-order valence-corrected chi connectivity index (χ4v) is 1.50. The van der Waals surface area contributed by atoms with Crippen LogP contribution in [0.1, 0.15) is 18.9 Å². The van der Waals surface area contributed by atoms with E-state index in [1.807, 2.05) is 24.3 Å². The third-order valence-corrected chi connectivity index (χ3v) is 2.68. The second kappa shape index (κ2) is 7.71. The molecule has 5 heteroatoms. The molecule has 0 fully saturated rings. The number of halogens is 1. The van der Waals surface area contributed by atoms with E-state index in [9.17, 15) is 9.59 Å². The molecular formula is C13H17ClN2O2. The highest BCUT2D eigenvalue weighted by atomic mass is 35.5. The predicted molar refractivity (Wildman–Crippen MR) is 72.8 cm³/mol. The molecule has 1 aromatic carbocycles. The molecule has 2 amide bonds. The molecule has 0 heterocycles. The van der Waals surface area contributed by atoms with Crippen molar-refractivity contribution >= 4 is 29.1 Å². The summed E-state index contributed by atoms with van der Waals surface area (Å²) < 4.78 is 0. The number of alkyl halides is 1. The molecule has 0 bridgehead atoms. The van der Waals surface area contributed by atoms with Gasteiger partial charge in [0, 0.05) is 18.7 Å². The summed E-state index contributed by atoms with van der Waals surface area (Å²) >= 11 is 5.31. The van der Waals surface area contributed by atoms with Gasteiger partial charge in [-0.1, -0.05) is 19.1 Å². The zero-order chi connectivity index (χ0) is 13.4. The Labute approximate surface area is 112 Å². The van der Waals surface area contributed by atoms with Crippen molar-refractivity contribution in [2.45, 2.75) is 19.8 Å². The summed E-state index contributed by atoms with van der Waals surface area (Å²) in [6.45, 7) is 2.37. The van der Waals surface area contributed by atoms with E-state index in [1.165, 1.54) is 5.56 Å². The molecule has 0 aromatic heterocycles. The van der Waals surface area contributed by atoms with Crippen molar-refractivity contribution < 1.29 is 9.59 Å². The summed E-state index contributed by atoms with van der Waals surface area (Å²) in [4.78, 5) is 22.4. The van der Waals surface area contributed by atoms with Crippen LogP contribution >= 0.6 is 11.6 Å². The Hall–Kier alpha value is -1.55. The number of carbonyl (C=O) groups excluding carboxylic acids is 2.